The topological polar surface area (TPSA) is 97.7 Å². The average molecular weight is 443 g/mol. The van der Waals surface area contributed by atoms with Gasteiger partial charge in [-0.25, -0.2) is 4.79 Å². The van der Waals surface area contributed by atoms with Crippen LogP contribution in [0.15, 0.2) is 60.7 Å². The maximum atomic E-state index is 13.1. The van der Waals surface area contributed by atoms with Crippen LogP contribution in [0.4, 0.5) is 0 Å². The van der Waals surface area contributed by atoms with Crippen LogP contribution in [0, 0.1) is 0 Å². The number of carbonyl (C=O) groups excluding carboxylic acids is 1. The SMILES string of the molecule is COC(=O)C1(C(O)c2ccccc2)CC(C2OC(C)OCC2O)N(Cc2ccccc2)O1. The Balaban J connectivity index is 1.72. The molecule has 6 unspecified atom stereocenters. The first-order chi connectivity index (χ1) is 15.4. The molecule has 32 heavy (non-hydrogen) atoms. The third-order valence-corrected chi connectivity index (χ3v) is 6.04. The van der Waals surface area contributed by atoms with Gasteiger partial charge in [-0.2, -0.15) is 5.06 Å². The molecule has 0 amide bonds. The van der Waals surface area contributed by atoms with E-state index in [2.05, 4.69) is 0 Å². The van der Waals surface area contributed by atoms with Crippen LogP contribution in [0.5, 0.6) is 0 Å². The highest BCUT2D eigenvalue weighted by molar-refractivity contribution is 5.81. The molecule has 0 radical (unpaired) electrons. The summed E-state index contributed by atoms with van der Waals surface area (Å²) in [6.45, 7) is 2.18. The van der Waals surface area contributed by atoms with Gasteiger partial charge in [0.1, 0.15) is 18.3 Å². The second-order valence-corrected chi connectivity index (χ2v) is 8.19. The second-order valence-electron chi connectivity index (χ2n) is 8.19. The first-order valence-electron chi connectivity index (χ1n) is 10.7. The molecule has 6 atom stereocenters. The molecule has 2 aromatic carbocycles. The number of methoxy groups -OCH3 is 1. The Morgan fingerprint density at radius 1 is 1.19 bits per heavy atom. The summed E-state index contributed by atoms with van der Waals surface area (Å²) in [6.07, 6.45) is -3.34. The molecule has 4 rings (SSSR count). The van der Waals surface area contributed by atoms with Gasteiger partial charge in [-0.15, -0.1) is 0 Å². The Bertz CT molecular complexity index is 896. The van der Waals surface area contributed by atoms with Gasteiger partial charge in [-0.3, -0.25) is 4.84 Å². The highest BCUT2D eigenvalue weighted by Gasteiger charge is 2.60. The molecule has 0 bridgehead atoms. The van der Waals surface area contributed by atoms with E-state index in [1.54, 1.807) is 36.3 Å². The number of hydrogen-bond acceptors (Lipinski definition) is 8. The molecule has 2 heterocycles. The highest BCUT2D eigenvalue weighted by atomic mass is 16.7. The maximum absolute atomic E-state index is 13.1. The molecule has 2 fully saturated rings. The summed E-state index contributed by atoms with van der Waals surface area (Å²) in [5.41, 5.74) is -0.220. The average Bonchev–Trinajstić information content (AvgIpc) is 3.21. The number of rotatable bonds is 6. The van der Waals surface area contributed by atoms with Crippen molar-refractivity contribution in [3.8, 4) is 0 Å². The Kier molecular flexibility index (Phi) is 6.90. The monoisotopic (exact) mass is 443 g/mol. The molecule has 2 N–H and O–H groups in total. The van der Waals surface area contributed by atoms with Crippen molar-refractivity contribution >= 4 is 5.97 Å². The molecule has 8 nitrogen and oxygen atoms in total. The molecule has 2 saturated heterocycles. The number of aliphatic hydroxyl groups excluding tert-OH is 2. The largest absolute Gasteiger partial charge is 0.467 e. The molecule has 2 aliphatic rings. The van der Waals surface area contributed by atoms with Crippen LogP contribution < -0.4 is 0 Å². The fourth-order valence-electron chi connectivity index (χ4n) is 4.42. The van der Waals surface area contributed by atoms with E-state index in [9.17, 15) is 15.0 Å². The molecule has 172 valence electrons. The van der Waals surface area contributed by atoms with E-state index in [0.717, 1.165) is 5.56 Å². The minimum Gasteiger partial charge on any atom is -0.467 e. The number of benzene rings is 2. The molecular weight excluding hydrogens is 414 g/mol. The molecule has 0 saturated carbocycles. The van der Waals surface area contributed by atoms with Crippen LogP contribution in [0.1, 0.15) is 30.6 Å². The van der Waals surface area contributed by atoms with E-state index in [1.807, 2.05) is 36.4 Å². The number of esters is 1. The third kappa shape index (κ3) is 4.43. The molecule has 2 aromatic rings. The van der Waals surface area contributed by atoms with Crippen LogP contribution in [-0.2, 0) is 30.4 Å². The minimum absolute atomic E-state index is 0.0665. The van der Waals surface area contributed by atoms with Gasteiger partial charge < -0.3 is 24.4 Å². The summed E-state index contributed by atoms with van der Waals surface area (Å²) in [4.78, 5) is 19.3. The zero-order valence-corrected chi connectivity index (χ0v) is 18.2. The Labute approximate surface area is 187 Å². The van der Waals surface area contributed by atoms with E-state index in [4.69, 9.17) is 19.0 Å². The van der Waals surface area contributed by atoms with Gasteiger partial charge in [0.25, 0.3) is 0 Å². The quantitative estimate of drug-likeness (QED) is 0.654. The van der Waals surface area contributed by atoms with Crippen LogP contribution in [0.3, 0.4) is 0 Å². The lowest BCUT2D eigenvalue weighted by atomic mass is 9.84. The second kappa shape index (κ2) is 9.66. The first kappa shape index (κ1) is 22.8. The Hall–Kier alpha value is -2.33. The lowest BCUT2D eigenvalue weighted by molar-refractivity contribution is -0.285. The van der Waals surface area contributed by atoms with Crippen LogP contribution in [0.2, 0.25) is 0 Å². The van der Waals surface area contributed by atoms with Gasteiger partial charge in [-0.1, -0.05) is 60.7 Å². The summed E-state index contributed by atoms with van der Waals surface area (Å²) < 4.78 is 16.4. The van der Waals surface area contributed by atoms with E-state index >= 15 is 0 Å². The third-order valence-electron chi connectivity index (χ3n) is 6.04. The zero-order chi connectivity index (χ0) is 22.7. The predicted octanol–water partition coefficient (Wildman–Crippen LogP) is 1.96. The van der Waals surface area contributed by atoms with E-state index in [1.165, 1.54) is 7.11 Å². The number of carbonyl (C=O) groups is 1. The van der Waals surface area contributed by atoms with Crippen molar-refractivity contribution < 1.29 is 34.1 Å². The number of aliphatic hydroxyl groups is 2. The van der Waals surface area contributed by atoms with Crippen molar-refractivity contribution in [3.63, 3.8) is 0 Å². The van der Waals surface area contributed by atoms with Gasteiger partial charge in [-0.05, 0) is 18.1 Å². The summed E-state index contributed by atoms with van der Waals surface area (Å²) in [5.74, 6) is -0.691. The predicted molar refractivity (Wildman–Crippen MR) is 114 cm³/mol. The molecule has 0 spiro atoms. The summed E-state index contributed by atoms with van der Waals surface area (Å²) >= 11 is 0. The van der Waals surface area contributed by atoms with Crippen LogP contribution in [-0.4, -0.2) is 65.1 Å². The highest BCUT2D eigenvalue weighted by Crippen LogP contribution is 2.44. The number of hydrogen-bond donors (Lipinski definition) is 2. The normalized spacial score (nSPS) is 31.9. The fraction of sp³-hybridized carbons (Fsp3) is 0.458. The standard InChI is InChI=1S/C24H29NO7/c1-16-30-15-20(26)21(31-16)19-13-24(23(28)29-2,22(27)18-11-7-4-8-12-18)32-25(19)14-17-9-5-3-6-10-17/h3-12,16,19-22,26-27H,13-15H2,1-2H3. The number of ether oxygens (including phenoxy) is 3. The van der Waals surface area contributed by atoms with E-state index < -0.39 is 42.2 Å². The van der Waals surface area contributed by atoms with Crippen molar-refractivity contribution in [3.05, 3.63) is 71.8 Å². The van der Waals surface area contributed by atoms with Crippen molar-refractivity contribution in [2.45, 2.75) is 56.1 Å². The lowest BCUT2D eigenvalue weighted by Crippen LogP contribution is -2.53. The van der Waals surface area contributed by atoms with Gasteiger partial charge in [0.05, 0.1) is 19.8 Å². The summed E-state index contributed by atoms with van der Waals surface area (Å²) in [6, 6.07) is 17.9. The van der Waals surface area contributed by atoms with E-state index in [-0.39, 0.29) is 13.0 Å². The fourth-order valence-corrected chi connectivity index (χ4v) is 4.42. The molecule has 8 heteroatoms. The van der Waals surface area contributed by atoms with Crippen molar-refractivity contribution in [1.82, 2.24) is 5.06 Å². The van der Waals surface area contributed by atoms with Crippen molar-refractivity contribution in [1.29, 1.82) is 0 Å². The summed E-state index contributed by atoms with van der Waals surface area (Å²) in [5, 5.41) is 23.6. The number of hydroxylamine groups is 2. The maximum Gasteiger partial charge on any atom is 0.343 e. The van der Waals surface area contributed by atoms with Gasteiger partial charge in [0.2, 0.25) is 5.60 Å². The first-order valence-corrected chi connectivity index (χ1v) is 10.7. The van der Waals surface area contributed by atoms with Gasteiger partial charge in [0, 0.05) is 13.0 Å². The van der Waals surface area contributed by atoms with Crippen molar-refractivity contribution in [2.75, 3.05) is 13.7 Å². The van der Waals surface area contributed by atoms with Gasteiger partial charge >= 0.3 is 5.97 Å². The molecule has 0 aliphatic carbocycles. The molecule has 0 aromatic heterocycles. The van der Waals surface area contributed by atoms with Crippen LogP contribution >= 0.6 is 0 Å². The molecule has 2 aliphatic heterocycles. The lowest BCUT2D eigenvalue weighted by Gasteiger charge is -2.38. The Morgan fingerprint density at radius 3 is 2.50 bits per heavy atom. The van der Waals surface area contributed by atoms with Crippen LogP contribution in [0.25, 0.3) is 0 Å². The smallest absolute Gasteiger partial charge is 0.343 e. The molecular formula is C24H29NO7. The minimum atomic E-state index is -1.69. The van der Waals surface area contributed by atoms with Gasteiger partial charge in [0.15, 0.2) is 6.29 Å². The van der Waals surface area contributed by atoms with Crippen molar-refractivity contribution in [2.24, 2.45) is 0 Å². The number of nitrogens with zero attached hydrogens (tertiary/aromatic N) is 1. The Morgan fingerprint density at radius 2 is 1.84 bits per heavy atom. The van der Waals surface area contributed by atoms with E-state index in [0.29, 0.717) is 12.1 Å². The zero-order valence-electron chi connectivity index (χ0n) is 18.2. The summed E-state index contributed by atoms with van der Waals surface area (Å²) in [7, 11) is 1.27.